The highest BCUT2D eigenvalue weighted by Gasteiger charge is 2.16. The van der Waals surface area contributed by atoms with Gasteiger partial charge in [-0.15, -0.1) is 0 Å². The number of hydrogen-bond donors (Lipinski definition) is 1. The number of halogens is 1. The van der Waals surface area contributed by atoms with Gasteiger partial charge in [0.15, 0.2) is 0 Å². The van der Waals surface area contributed by atoms with Crippen LogP contribution >= 0.6 is 15.9 Å². The number of aliphatic hydroxyl groups is 1. The van der Waals surface area contributed by atoms with Gasteiger partial charge in [0.2, 0.25) is 0 Å². The molecule has 0 unspecified atom stereocenters. The molecule has 0 heterocycles. The van der Waals surface area contributed by atoms with Crippen molar-refractivity contribution in [3.8, 4) is 0 Å². The molecule has 0 atom stereocenters. The molecule has 1 aromatic carbocycles. The second kappa shape index (κ2) is 6.68. The van der Waals surface area contributed by atoms with Gasteiger partial charge in [0.25, 0.3) is 5.69 Å². The summed E-state index contributed by atoms with van der Waals surface area (Å²) < 4.78 is 0.693. The fourth-order valence-corrected chi connectivity index (χ4v) is 1.92. The van der Waals surface area contributed by atoms with Crippen LogP contribution in [0.4, 0.5) is 5.69 Å². The molecule has 0 aliphatic carbocycles. The highest BCUT2D eigenvalue weighted by Crippen LogP contribution is 2.24. The molecule has 17 heavy (non-hydrogen) atoms. The number of rotatable bonds is 6. The third kappa shape index (κ3) is 4.07. The van der Waals surface area contributed by atoms with Gasteiger partial charge < -0.3 is 5.11 Å². The van der Waals surface area contributed by atoms with E-state index < -0.39 is 0 Å². The van der Waals surface area contributed by atoms with Crippen LogP contribution in [0.1, 0.15) is 12.5 Å². The fourth-order valence-electron chi connectivity index (χ4n) is 1.57. The van der Waals surface area contributed by atoms with E-state index in [0.717, 1.165) is 6.54 Å². The SMILES string of the molecule is CCN(CCO)Cc1ccc(Br)cc1[N+](=O)[O-]. The van der Waals surface area contributed by atoms with Crippen LogP contribution in [-0.4, -0.2) is 34.6 Å². The summed E-state index contributed by atoms with van der Waals surface area (Å²) in [7, 11) is 0. The van der Waals surface area contributed by atoms with E-state index in [1.54, 1.807) is 12.1 Å². The number of nitrogens with zero attached hydrogens (tertiary/aromatic N) is 2. The van der Waals surface area contributed by atoms with Crippen molar-refractivity contribution < 1.29 is 10.0 Å². The minimum atomic E-state index is -0.382. The van der Waals surface area contributed by atoms with E-state index in [0.29, 0.717) is 23.1 Å². The molecular weight excluding hydrogens is 288 g/mol. The molecule has 0 aliphatic rings. The third-order valence-corrected chi connectivity index (χ3v) is 2.99. The zero-order valence-corrected chi connectivity index (χ0v) is 11.2. The first-order valence-electron chi connectivity index (χ1n) is 5.34. The lowest BCUT2D eigenvalue weighted by Crippen LogP contribution is -2.26. The maximum Gasteiger partial charge on any atom is 0.275 e. The fraction of sp³-hybridized carbons (Fsp3) is 0.455. The Balaban J connectivity index is 2.92. The Morgan fingerprint density at radius 3 is 2.76 bits per heavy atom. The Morgan fingerprint density at radius 1 is 1.53 bits per heavy atom. The molecule has 0 amide bonds. The normalized spacial score (nSPS) is 10.8. The summed E-state index contributed by atoms with van der Waals surface area (Å²) in [5.74, 6) is 0. The summed E-state index contributed by atoms with van der Waals surface area (Å²) in [6, 6.07) is 5.03. The molecule has 0 saturated carbocycles. The van der Waals surface area contributed by atoms with Crippen molar-refractivity contribution >= 4 is 21.6 Å². The van der Waals surface area contributed by atoms with E-state index in [9.17, 15) is 10.1 Å². The molecule has 0 aromatic heterocycles. The van der Waals surface area contributed by atoms with E-state index in [4.69, 9.17) is 5.11 Å². The van der Waals surface area contributed by atoms with Gasteiger partial charge in [0, 0.05) is 29.2 Å². The van der Waals surface area contributed by atoms with E-state index in [1.807, 2.05) is 11.8 Å². The van der Waals surface area contributed by atoms with Crippen molar-refractivity contribution in [2.75, 3.05) is 19.7 Å². The monoisotopic (exact) mass is 302 g/mol. The van der Waals surface area contributed by atoms with E-state index in [1.165, 1.54) is 6.07 Å². The Kier molecular flexibility index (Phi) is 5.54. The van der Waals surface area contributed by atoms with E-state index in [2.05, 4.69) is 15.9 Å². The number of nitro benzene ring substituents is 1. The molecule has 6 heteroatoms. The molecule has 0 fully saturated rings. The minimum absolute atomic E-state index is 0.0537. The number of benzene rings is 1. The van der Waals surface area contributed by atoms with E-state index >= 15 is 0 Å². The second-order valence-corrected chi connectivity index (χ2v) is 4.54. The second-order valence-electron chi connectivity index (χ2n) is 3.62. The van der Waals surface area contributed by atoms with Crippen molar-refractivity contribution in [1.82, 2.24) is 4.90 Å². The Bertz CT molecular complexity index is 398. The molecule has 1 rings (SSSR count). The molecule has 0 spiro atoms. The topological polar surface area (TPSA) is 66.6 Å². The highest BCUT2D eigenvalue weighted by molar-refractivity contribution is 9.10. The van der Waals surface area contributed by atoms with Crippen LogP contribution in [-0.2, 0) is 6.54 Å². The van der Waals surface area contributed by atoms with E-state index in [-0.39, 0.29) is 17.2 Å². The van der Waals surface area contributed by atoms with Gasteiger partial charge in [-0.05, 0) is 18.7 Å². The summed E-state index contributed by atoms with van der Waals surface area (Å²) in [5, 5.41) is 19.8. The number of likely N-dealkylation sites (N-methyl/N-ethyl adjacent to an activating group) is 1. The first kappa shape index (κ1) is 14.1. The number of aliphatic hydroxyl groups excluding tert-OH is 1. The average Bonchev–Trinajstić information content (AvgIpc) is 2.30. The number of nitro groups is 1. The lowest BCUT2D eigenvalue weighted by Gasteiger charge is -2.18. The summed E-state index contributed by atoms with van der Waals surface area (Å²) >= 11 is 3.22. The molecule has 0 saturated heterocycles. The van der Waals surface area contributed by atoms with Crippen LogP contribution in [0.25, 0.3) is 0 Å². The first-order chi connectivity index (χ1) is 8.08. The smallest absolute Gasteiger partial charge is 0.275 e. The van der Waals surface area contributed by atoms with Crippen molar-refractivity contribution in [1.29, 1.82) is 0 Å². The summed E-state index contributed by atoms with van der Waals surface area (Å²) in [6.07, 6.45) is 0. The van der Waals surface area contributed by atoms with Gasteiger partial charge in [-0.1, -0.05) is 22.9 Å². The average molecular weight is 303 g/mol. The van der Waals surface area contributed by atoms with Crippen molar-refractivity contribution in [2.24, 2.45) is 0 Å². The Morgan fingerprint density at radius 2 is 2.24 bits per heavy atom. The van der Waals surface area contributed by atoms with Gasteiger partial charge in [-0.3, -0.25) is 15.0 Å². The van der Waals surface area contributed by atoms with Crippen LogP contribution in [0.3, 0.4) is 0 Å². The molecular formula is C11H15BrN2O3. The largest absolute Gasteiger partial charge is 0.395 e. The minimum Gasteiger partial charge on any atom is -0.395 e. The summed E-state index contributed by atoms with van der Waals surface area (Å²) in [4.78, 5) is 12.5. The van der Waals surface area contributed by atoms with Gasteiger partial charge in [0.1, 0.15) is 0 Å². The first-order valence-corrected chi connectivity index (χ1v) is 6.13. The van der Waals surface area contributed by atoms with Gasteiger partial charge >= 0.3 is 0 Å². The van der Waals surface area contributed by atoms with Crippen LogP contribution in [0.5, 0.6) is 0 Å². The molecule has 0 radical (unpaired) electrons. The van der Waals surface area contributed by atoms with Crippen molar-refractivity contribution in [3.63, 3.8) is 0 Å². The summed E-state index contributed by atoms with van der Waals surface area (Å²) in [5.41, 5.74) is 0.768. The molecule has 5 nitrogen and oxygen atoms in total. The molecule has 0 bridgehead atoms. The molecule has 94 valence electrons. The molecule has 1 N–H and O–H groups in total. The van der Waals surface area contributed by atoms with Crippen LogP contribution < -0.4 is 0 Å². The van der Waals surface area contributed by atoms with Gasteiger partial charge in [-0.25, -0.2) is 0 Å². The number of hydrogen-bond acceptors (Lipinski definition) is 4. The molecule has 0 aliphatic heterocycles. The third-order valence-electron chi connectivity index (χ3n) is 2.50. The maximum absolute atomic E-state index is 10.9. The predicted molar refractivity (Wildman–Crippen MR) is 68.8 cm³/mol. The zero-order chi connectivity index (χ0) is 12.8. The molecule has 1 aromatic rings. The van der Waals surface area contributed by atoms with Gasteiger partial charge in [0.05, 0.1) is 11.5 Å². The Labute approximate surface area is 108 Å². The maximum atomic E-state index is 10.9. The Hall–Kier alpha value is -0.980. The predicted octanol–water partition coefficient (Wildman–Crippen LogP) is 2.17. The van der Waals surface area contributed by atoms with Crippen LogP contribution in [0.2, 0.25) is 0 Å². The standard InChI is InChI=1S/C11H15BrN2O3/c1-2-13(5-6-15)8-9-3-4-10(12)7-11(9)14(16)17/h3-4,7,15H,2,5-6,8H2,1H3. The van der Waals surface area contributed by atoms with Crippen molar-refractivity contribution in [3.05, 3.63) is 38.3 Å². The summed E-state index contributed by atoms with van der Waals surface area (Å²) in [6.45, 7) is 3.75. The highest BCUT2D eigenvalue weighted by atomic mass is 79.9. The lowest BCUT2D eigenvalue weighted by atomic mass is 10.1. The van der Waals surface area contributed by atoms with Crippen LogP contribution in [0.15, 0.2) is 22.7 Å². The lowest BCUT2D eigenvalue weighted by molar-refractivity contribution is -0.385. The van der Waals surface area contributed by atoms with Gasteiger partial charge in [-0.2, -0.15) is 0 Å². The van der Waals surface area contributed by atoms with Crippen molar-refractivity contribution in [2.45, 2.75) is 13.5 Å². The zero-order valence-electron chi connectivity index (χ0n) is 9.60. The quantitative estimate of drug-likeness (QED) is 0.646. The van der Waals surface area contributed by atoms with Crippen LogP contribution in [0, 0.1) is 10.1 Å².